The molecule has 0 spiro atoms. The van der Waals surface area contributed by atoms with Crippen LogP contribution < -0.4 is 16.4 Å². The number of rotatable bonds is 9. The van der Waals surface area contributed by atoms with E-state index in [0.717, 1.165) is 11.1 Å². The van der Waals surface area contributed by atoms with E-state index in [1.807, 2.05) is 75.4 Å². The van der Waals surface area contributed by atoms with E-state index in [0.29, 0.717) is 38.9 Å². The van der Waals surface area contributed by atoms with Gasteiger partial charge in [0.1, 0.15) is 6.04 Å². The molecule has 2 atom stereocenters. The maximum absolute atomic E-state index is 13.0. The molecule has 0 saturated carbocycles. The summed E-state index contributed by atoms with van der Waals surface area (Å²) in [6, 6.07) is 16.5. The summed E-state index contributed by atoms with van der Waals surface area (Å²) in [5.41, 5.74) is 9.38. The van der Waals surface area contributed by atoms with E-state index < -0.39 is 12.1 Å². The fourth-order valence-corrected chi connectivity index (χ4v) is 4.36. The monoisotopic (exact) mass is 478 g/mol. The minimum atomic E-state index is -0.605. The van der Waals surface area contributed by atoms with Crippen molar-refractivity contribution in [3.05, 3.63) is 71.3 Å². The van der Waals surface area contributed by atoms with Crippen molar-refractivity contribution in [1.82, 2.24) is 15.5 Å². The highest BCUT2D eigenvalue weighted by Gasteiger charge is 2.32. The van der Waals surface area contributed by atoms with Gasteiger partial charge in [0.15, 0.2) is 0 Å². The summed E-state index contributed by atoms with van der Waals surface area (Å²) in [6.07, 6.45) is 1.62. The molecular formula is C28H38N4O3. The second-order valence-corrected chi connectivity index (χ2v) is 9.83. The summed E-state index contributed by atoms with van der Waals surface area (Å²) in [6.45, 7) is 7.27. The van der Waals surface area contributed by atoms with Crippen molar-refractivity contribution >= 4 is 17.7 Å². The Morgan fingerprint density at radius 3 is 2.20 bits per heavy atom. The van der Waals surface area contributed by atoms with Crippen LogP contribution >= 0.6 is 0 Å². The molecule has 1 aliphatic heterocycles. The first-order chi connectivity index (χ1) is 16.7. The van der Waals surface area contributed by atoms with Gasteiger partial charge in [0.25, 0.3) is 0 Å². The minimum Gasteiger partial charge on any atom is -0.350 e. The average molecular weight is 479 g/mol. The Morgan fingerprint density at radius 1 is 0.971 bits per heavy atom. The fourth-order valence-electron chi connectivity index (χ4n) is 4.36. The molecule has 7 nitrogen and oxygen atoms in total. The first-order valence-corrected chi connectivity index (χ1v) is 12.5. The van der Waals surface area contributed by atoms with Gasteiger partial charge in [0, 0.05) is 25.6 Å². The maximum atomic E-state index is 13.0. The van der Waals surface area contributed by atoms with Crippen molar-refractivity contribution in [2.75, 3.05) is 13.1 Å². The zero-order chi connectivity index (χ0) is 25.4. The number of piperidine rings is 1. The standard InChI is InChI=1S/C28H38N4O3/c1-19(2)25(27(34)30-18-22-11-9-20(3)10-12-22)31-26(33)23-13-15-32(16-14-23)28(35)24(29)17-21-7-5-4-6-8-21/h4-12,19,23-25H,13-18,29H2,1-3H3,(H,30,34)(H,31,33). The maximum Gasteiger partial charge on any atom is 0.243 e. The molecule has 188 valence electrons. The number of hydrogen-bond donors (Lipinski definition) is 3. The molecule has 3 rings (SSSR count). The number of likely N-dealkylation sites (tertiary alicyclic amines) is 1. The lowest BCUT2D eigenvalue weighted by molar-refractivity contribution is -0.137. The molecule has 0 bridgehead atoms. The van der Waals surface area contributed by atoms with Gasteiger partial charge in [0.2, 0.25) is 17.7 Å². The van der Waals surface area contributed by atoms with Gasteiger partial charge in [-0.3, -0.25) is 14.4 Å². The Hall–Kier alpha value is -3.19. The number of benzene rings is 2. The van der Waals surface area contributed by atoms with Crippen molar-refractivity contribution in [3.8, 4) is 0 Å². The number of hydrogen-bond acceptors (Lipinski definition) is 4. The van der Waals surface area contributed by atoms with Crippen LogP contribution in [0.2, 0.25) is 0 Å². The quantitative estimate of drug-likeness (QED) is 0.515. The number of nitrogens with one attached hydrogen (secondary N) is 2. The molecule has 1 heterocycles. The number of amides is 3. The molecule has 0 radical (unpaired) electrons. The molecule has 1 saturated heterocycles. The second kappa shape index (κ2) is 12.5. The van der Waals surface area contributed by atoms with Gasteiger partial charge in [-0.15, -0.1) is 0 Å². The van der Waals surface area contributed by atoms with Crippen LogP contribution in [0.25, 0.3) is 0 Å². The predicted molar refractivity (Wildman–Crippen MR) is 137 cm³/mol. The first kappa shape index (κ1) is 26.4. The van der Waals surface area contributed by atoms with Gasteiger partial charge in [0.05, 0.1) is 6.04 Å². The third-order valence-corrected chi connectivity index (χ3v) is 6.63. The van der Waals surface area contributed by atoms with Gasteiger partial charge in [-0.1, -0.05) is 74.0 Å². The highest BCUT2D eigenvalue weighted by Crippen LogP contribution is 2.19. The van der Waals surface area contributed by atoms with E-state index in [2.05, 4.69) is 10.6 Å². The molecule has 0 aliphatic carbocycles. The number of nitrogens with zero attached hydrogens (tertiary/aromatic N) is 1. The first-order valence-electron chi connectivity index (χ1n) is 12.5. The number of carbonyl (C=O) groups is 3. The number of carbonyl (C=O) groups excluding carboxylic acids is 3. The van der Waals surface area contributed by atoms with Crippen LogP contribution in [-0.4, -0.2) is 47.8 Å². The summed E-state index contributed by atoms with van der Waals surface area (Å²) >= 11 is 0. The van der Waals surface area contributed by atoms with Gasteiger partial charge in [-0.05, 0) is 43.2 Å². The summed E-state index contributed by atoms with van der Waals surface area (Å²) < 4.78 is 0. The van der Waals surface area contributed by atoms with Crippen molar-refractivity contribution < 1.29 is 14.4 Å². The van der Waals surface area contributed by atoms with Crippen molar-refractivity contribution in [1.29, 1.82) is 0 Å². The second-order valence-electron chi connectivity index (χ2n) is 9.83. The molecule has 2 aromatic rings. The summed E-state index contributed by atoms with van der Waals surface area (Å²) in [5, 5.41) is 5.89. The normalized spacial score (nSPS) is 16.0. The van der Waals surface area contributed by atoms with Gasteiger partial charge < -0.3 is 21.3 Å². The van der Waals surface area contributed by atoms with Crippen LogP contribution in [0.1, 0.15) is 43.4 Å². The van der Waals surface area contributed by atoms with E-state index in [4.69, 9.17) is 5.73 Å². The molecule has 1 aliphatic rings. The van der Waals surface area contributed by atoms with Crippen LogP contribution in [0.5, 0.6) is 0 Å². The van der Waals surface area contributed by atoms with Crippen molar-refractivity contribution in [2.24, 2.45) is 17.6 Å². The number of nitrogens with two attached hydrogens (primary N) is 1. The molecule has 3 amide bonds. The molecule has 0 aromatic heterocycles. The van der Waals surface area contributed by atoms with Gasteiger partial charge in [-0.25, -0.2) is 0 Å². The Morgan fingerprint density at radius 2 is 1.60 bits per heavy atom. The van der Waals surface area contributed by atoms with E-state index in [1.165, 1.54) is 5.56 Å². The topological polar surface area (TPSA) is 105 Å². The zero-order valence-corrected chi connectivity index (χ0v) is 21.0. The highest BCUT2D eigenvalue weighted by atomic mass is 16.2. The minimum absolute atomic E-state index is 0.0466. The summed E-state index contributed by atoms with van der Waals surface area (Å²) in [4.78, 5) is 40.3. The van der Waals surface area contributed by atoms with Crippen molar-refractivity contribution in [2.45, 2.75) is 58.7 Å². The summed E-state index contributed by atoms with van der Waals surface area (Å²) in [5.74, 6) is -0.670. The van der Waals surface area contributed by atoms with E-state index in [1.54, 1.807) is 4.90 Å². The van der Waals surface area contributed by atoms with Crippen LogP contribution in [0.15, 0.2) is 54.6 Å². The molecular weight excluding hydrogens is 440 g/mol. The summed E-state index contributed by atoms with van der Waals surface area (Å²) in [7, 11) is 0. The average Bonchev–Trinajstić information content (AvgIpc) is 2.86. The van der Waals surface area contributed by atoms with Crippen molar-refractivity contribution in [3.63, 3.8) is 0 Å². The van der Waals surface area contributed by atoms with E-state index in [9.17, 15) is 14.4 Å². The van der Waals surface area contributed by atoms with Crippen LogP contribution in [-0.2, 0) is 27.3 Å². The lowest BCUT2D eigenvalue weighted by Crippen LogP contribution is -2.53. The molecule has 2 unspecified atom stereocenters. The van der Waals surface area contributed by atoms with Gasteiger partial charge >= 0.3 is 0 Å². The third kappa shape index (κ3) is 7.65. The van der Waals surface area contributed by atoms with Crippen LogP contribution in [0.3, 0.4) is 0 Å². The third-order valence-electron chi connectivity index (χ3n) is 6.63. The predicted octanol–water partition coefficient (Wildman–Crippen LogP) is 2.56. The Balaban J connectivity index is 1.47. The molecule has 7 heteroatoms. The molecule has 2 aromatic carbocycles. The largest absolute Gasteiger partial charge is 0.350 e. The van der Waals surface area contributed by atoms with E-state index >= 15 is 0 Å². The fraction of sp³-hybridized carbons (Fsp3) is 0.464. The molecule has 4 N–H and O–H groups in total. The molecule has 1 fully saturated rings. The Bertz CT molecular complexity index is 983. The Kier molecular flexibility index (Phi) is 9.43. The lowest BCUT2D eigenvalue weighted by Gasteiger charge is -2.34. The smallest absolute Gasteiger partial charge is 0.243 e. The van der Waals surface area contributed by atoms with Gasteiger partial charge in [-0.2, -0.15) is 0 Å². The number of aryl methyl sites for hydroxylation is 1. The van der Waals surface area contributed by atoms with Crippen LogP contribution in [0.4, 0.5) is 0 Å². The Labute approximate surface area is 208 Å². The lowest BCUT2D eigenvalue weighted by atomic mass is 9.93. The highest BCUT2D eigenvalue weighted by molar-refractivity contribution is 5.89. The SMILES string of the molecule is Cc1ccc(CNC(=O)C(NC(=O)C2CCN(C(=O)C(N)Cc3ccccc3)CC2)C(C)C)cc1. The zero-order valence-electron chi connectivity index (χ0n) is 21.0. The van der Waals surface area contributed by atoms with E-state index in [-0.39, 0.29) is 29.6 Å². The molecule has 35 heavy (non-hydrogen) atoms. The van der Waals surface area contributed by atoms with Crippen LogP contribution in [0, 0.1) is 18.8 Å².